The maximum Gasteiger partial charge on any atom is 0.230 e. The number of nitrogens with zero attached hydrogens (tertiary/aromatic N) is 5. The second-order valence-electron chi connectivity index (χ2n) is 10.5. The molecule has 6 rings (SSSR count). The molecule has 1 amide bonds. The third kappa shape index (κ3) is 4.42. The van der Waals surface area contributed by atoms with E-state index >= 15 is 0 Å². The van der Waals surface area contributed by atoms with Gasteiger partial charge in [-0.15, -0.1) is 0 Å². The Bertz CT molecular complexity index is 1270. The normalized spacial score (nSPS) is 19.6. The van der Waals surface area contributed by atoms with Crippen molar-refractivity contribution in [2.75, 3.05) is 57.4 Å². The number of amides is 1. The molecule has 2 aromatic heterocycles. The van der Waals surface area contributed by atoms with E-state index in [9.17, 15) is 4.79 Å². The van der Waals surface area contributed by atoms with Crippen LogP contribution in [0.15, 0.2) is 54.9 Å². The van der Waals surface area contributed by atoms with Gasteiger partial charge in [0.25, 0.3) is 0 Å². The van der Waals surface area contributed by atoms with E-state index in [1.807, 2.05) is 15.6 Å². The zero-order valence-corrected chi connectivity index (χ0v) is 21.3. The van der Waals surface area contributed by atoms with Crippen molar-refractivity contribution in [2.24, 2.45) is 5.92 Å². The molecule has 2 fully saturated rings. The number of hydrogen-bond donors (Lipinski definition) is 0. The number of anilines is 1. The molecular formula is C29H35N5O2. The van der Waals surface area contributed by atoms with Crippen LogP contribution in [0.2, 0.25) is 0 Å². The number of ether oxygens (including phenoxy) is 1. The summed E-state index contributed by atoms with van der Waals surface area (Å²) in [6, 6.07) is 13.9. The molecule has 0 bridgehead atoms. The Morgan fingerprint density at radius 3 is 2.36 bits per heavy atom. The molecule has 188 valence electrons. The molecule has 0 aliphatic carbocycles. The van der Waals surface area contributed by atoms with Gasteiger partial charge in [0.1, 0.15) is 0 Å². The Kier molecular flexibility index (Phi) is 6.27. The summed E-state index contributed by atoms with van der Waals surface area (Å²) in [5, 5.41) is 4.58. The minimum absolute atomic E-state index is 0.0629. The summed E-state index contributed by atoms with van der Waals surface area (Å²) in [6.45, 7) is 11.0. The fourth-order valence-electron chi connectivity index (χ4n) is 5.52. The van der Waals surface area contributed by atoms with Gasteiger partial charge in [-0.1, -0.05) is 30.3 Å². The molecule has 3 aliphatic heterocycles. The van der Waals surface area contributed by atoms with Crippen molar-refractivity contribution in [3.05, 3.63) is 60.4 Å². The van der Waals surface area contributed by atoms with Gasteiger partial charge in [-0.3, -0.25) is 9.69 Å². The second kappa shape index (κ2) is 9.71. The van der Waals surface area contributed by atoms with Crippen molar-refractivity contribution >= 4 is 22.7 Å². The molecule has 0 radical (unpaired) electrons. The van der Waals surface area contributed by atoms with Gasteiger partial charge < -0.3 is 14.5 Å². The van der Waals surface area contributed by atoms with E-state index in [0.29, 0.717) is 19.3 Å². The third-order valence-electron chi connectivity index (χ3n) is 7.97. The monoisotopic (exact) mass is 485 g/mol. The quantitative estimate of drug-likeness (QED) is 0.550. The van der Waals surface area contributed by atoms with E-state index in [1.165, 1.54) is 28.0 Å². The van der Waals surface area contributed by atoms with Crippen LogP contribution in [0.4, 0.5) is 5.69 Å². The van der Waals surface area contributed by atoms with Crippen molar-refractivity contribution in [2.45, 2.75) is 26.3 Å². The fraction of sp³-hybridized carbons (Fsp3) is 0.448. The van der Waals surface area contributed by atoms with E-state index in [0.717, 1.165) is 51.2 Å². The van der Waals surface area contributed by atoms with Gasteiger partial charge in [-0.2, -0.15) is 5.10 Å². The van der Waals surface area contributed by atoms with Crippen LogP contribution < -0.4 is 4.90 Å². The smallest absolute Gasteiger partial charge is 0.230 e. The highest BCUT2D eigenvalue weighted by atomic mass is 16.5. The molecule has 0 unspecified atom stereocenters. The van der Waals surface area contributed by atoms with Gasteiger partial charge in [0, 0.05) is 63.3 Å². The summed E-state index contributed by atoms with van der Waals surface area (Å²) >= 11 is 0. The second-order valence-corrected chi connectivity index (χ2v) is 10.5. The largest absolute Gasteiger partial charge is 0.380 e. The number of carbonyl (C=O) groups excluding carboxylic acids is 1. The number of benzene rings is 1. The summed E-state index contributed by atoms with van der Waals surface area (Å²) in [5.74, 6) is 0.309. The van der Waals surface area contributed by atoms with E-state index in [2.05, 4.69) is 77.4 Å². The Balaban J connectivity index is 1.17. The zero-order valence-electron chi connectivity index (χ0n) is 21.3. The molecule has 3 aliphatic rings. The highest BCUT2D eigenvalue weighted by Gasteiger charge is 2.32. The van der Waals surface area contributed by atoms with Gasteiger partial charge in [0.05, 0.1) is 30.3 Å². The number of fused-ring (bicyclic) bond motifs is 1. The van der Waals surface area contributed by atoms with Gasteiger partial charge in [-0.25, -0.2) is 4.52 Å². The van der Waals surface area contributed by atoms with Crippen LogP contribution in [0.3, 0.4) is 0 Å². The average Bonchev–Trinajstić information content (AvgIpc) is 3.32. The van der Waals surface area contributed by atoms with Gasteiger partial charge in [-0.05, 0) is 49.1 Å². The first-order chi connectivity index (χ1) is 17.6. The van der Waals surface area contributed by atoms with E-state index in [4.69, 9.17) is 4.74 Å². The SMILES string of the molecule is CC(C)N1CC=C(c2ccc(-c3cc4c(N5CCN(C(=O)C6COC6)CC5)ccnn4c3)cc2)CC1. The van der Waals surface area contributed by atoms with Crippen LogP contribution in [0.5, 0.6) is 0 Å². The van der Waals surface area contributed by atoms with Gasteiger partial charge in [0.2, 0.25) is 5.91 Å². The molecule has 0 N–H and O–H groups in total. The lowest BCUT2D eigenvalue weighted by Gasteiger charge is -2.39. The first kappa shape index (κ1) is 23.3. The minimum Gasteiger partial charge on any atom is -0.380 e. The predicted octanol–water partition coefficient (Wildman–Crippen LogP) is 3.79. The van der Waals surface area contributed by atoms with Crippen LogP contribution >= 0.6 is 0 Å². The van der Waals surface area contributed by atoms with Crippen molar-refractivity contribution in [1.29, 1.82) is 0 Å². The lowest BCUT2D eigenvalue weighted by atomic mass is 9.97. The van der Waals surface area contributed by atoms with Crippen molar-refractivity contribution < 1.29 is 9.53 Å². The average molecular weight is 486 g/mol. The predicted molar refractivity (Wildman–Crippen MR) is 143 cm³/mol. The molecule has 36 heavy (non-hydrogen) atoms. The minimum atomic E-state index is 0.0629. The molecule has 0 saturated carbocycles. The number of rotatable bonds is 5. The molecule has 3 aromatic rings. The Morgan fingerprint density at radius 2 is 1.72 bits per heavy atom. The maximum absolute atomic E-state index is 12.6. The highest BCUT2D eigenvalue weighted by molar-refractivity contribution is 5.82. The number of aromatic nitrogens is 2. The van der Waals surface area contributed by atoms with Crippen LogP contribution in [0.25, 0.3) is 22.2 Å². The number of carbonyl (C=O) groups is 1. The topological polar surface area (TPSA) is 53.3 Å². The summed E-state index contributed by atoms with van der Waals surface area (Å²) in [5.41, 5.74) is 7.43. The van der Waals surface area contributed by atoms with Crippen molar-refractivity contribution in [3.63, 3.8) is 0 Å². The van der Waals surface area contributed by atoms with E-state index in [-0.39, 0.29) is 11.8 Å². The third-order valence-corrected chi connectivity index (χ3v) is 7.97. The zero-order chi connectivity index (χ0) is 24.6. The molecule has 7 nitrogen and oxygen atoms in total. The summed E-state index contributed by atoms with van der Waals surface area (Å²) in [7, 11) is 0. The lowest BCUT2D eigenvalue weighted by molar-refractivity contribution is -0.150. The molecule has 0 atom stereocenters. The number of piperazine rings is 1. The van der Waals surface area contributed by atoms with Gasteiger partial charge >= 0.3 is 0 Å². The fourth-order valence-corrected chi connectivity index (χ4v) is 5.52. The lowest BCUT2D eigenvalue weighted by Crippen LogP contribution is -2.53. The molecule has 5 heterocycles. The summed E-state index contributed by atoms with van der Waals surface area (Å²) in [4.78, 5) is 19.5. The van der Waals surface area contributed by atoms with Crippen LogP contribution in [-0.4, -0.2) is 83.8 Å². The van der Waals surface area contributed by atoms with Crippen LogP contribution in [0, 0.1) is 5.92 Å². The van der Waals surface area contributed by atoms with Crippen molar-refractivity contribution in [3.8, 4) is 11.1 Å². The maximum atomic E-state index is 12.6. The van der Waals surface area contributed by atoms with Crippen LogP contribution in [-0.2, 0) is 9.53 Å². The summed E-state index contributed by atoms with van der Waals surface area (Å²) < 4.78 is 7.18. The number of hydrogen-bond acceptors (Lipinski definition) is 5. The Labute approximate surface area is 212 Å². The Hall–Kier alpha value is -3.16. The standard InChI is InChI=1S/C29H35N5O2/c1-21(2)31-11-8-24(9-12-31)22-3-5-23(6-4-22)25-17-28-27(7-10-30-34(28)18-25)32-13-15-33(16-14-32)29(35)26-19-36-20-26/h3-8,10,17-18,21,26H,9,11-16,19-20H2,1-2H3. The van der Waals surface area contributed by atoms with E-state index in [1.54, 1.807) is 0 Å². The highest BCUT2D eigenvalue weighted by Crippen LogP contribution is 2.31. The molecule has 2 saturated heterocycles. The van der Waals surface area contributed by atoms with Crippen molar-refractivity contribution in [1.82, 2.24) is 19.4 Å². The molecule has 1 aromatic carbocycles. The van der Waals surface area contributed by atoms with E-state index < -0.39 is 0 Å². The first-order valence-corrected chi connectivity index (χ1v) is 13.2. The van der Waals surface area contributed by atoms with Crippen LogP contribution in [0.1, 0.15) is 25.8 Å². The summed E-state index contributed by atoms with van der Waals surface area (Å²) in [6.07, 6.45) is 7.47. The molecular weight excluding hydrogens is 450 g/mol. The molecule has 7 heteroatoms. The van der Waals surface area contributed by atoms with Gasteiger partial charge in [0.15, 0.2) is 0 Å². The molecule has 0 spiro atoms. The Morgan fingerprint density at radius 1 is 0.972 bits per heavy atom. The first-order valence-electron chi connectivity index (χ1n) is 13.2.